The van der Waals surface area contributed by atoms with E-state index in [-0.39, 0.29) is 18.2 Å². The first-order valence-corrected chi connectivity index (χ1v) is 11.9. The molecule has 0 radical (unpaired) electrons. The summed E-state index contributed by atoms with van der Waals surface area (Å²) in [5.41, 5.74) is 4.29. The lowest BCUT2D eigenvalue weighted by molar-refractivity contribution is -0.122. The molecular formula is C27H23N3O3S. The van der Waals surface area contributed by atoms with Gasteiger partial charge in [0.1, 0.15) is 10.8 Å². The van der Waals surface area contributed by atoms with E-state index in [4.69, 9.17) is 9.72 Å². The van der Waals surface area contributed by atoms with Crippen molar-refractivity contribution in [3.63, 3.8) is 0 Å². The molecule has 3 aromatic carbocycles. The lowest BCUT2D eigenvalue weighted by Crippen LogP contribution is -2.28. The number of methoxy groups -OCH3 is 1. The third kappa shape index (κ3) is 4.56. The first-order valence-electron chi connectivity index (χ1n) is 11.0. The number of hydrogen-bond donors (Lipinski definition) is 1. The number of ether oxygens (including phenoxy) is 1. The topological polar surface area (TPSA) is 71.5 Å². The highest BCUT2D eigenvalue weighted by atomic mass is 32.1. The highest BCUT2D eigenvalue weighted by Crippen LogP contribution is 2.31. The monoisotopic (exact) mass is 469 g/mol. The Balaban J connectivity index is 1.28. The Bertz CT molecular complexity index is 1340. The summed E-state index contributed by atoms with van der Waals surface area (Å²) >= 11 is 1.59. The summed E-state index contributed by atoms with van der Waals surface area (Å²) in [4.78, 5) is 32.0. The number of carbonyl (C=O) groups is 2. The van der Waals surface area contributed by atoms with Crippen molar-refractivity contribution in [3.05, 3.63) is 84.2 Å². The predicted octanol–water partition coefficient (Wildman–Crippen LogP) is 5.48. The SMILES string of the molecule is COc1cccc(N2CC(C(=O)Nc3cccc(-c4csc(-c5ccccc5)n4)c3)CC2=O)c1. The molecule has 0 saturated carbocycles. The molecule has 6 nitrogen and oxygen atoms in total. The number of hydrogen-bond acceptors (Lipinski definition) is 5. The zero-order chi connectivity index (χ0) is 23.5. The second-order valence-electron chi connectivity index (χ2n) is 8.08. The summed E-state index contributed by atoms with van der Waals surface area (Å²) in [6.45, 7) is 0.337. The molecule has 1 aliphatic heterocycles. The van der Waals surface area contributed by atoms with E-state index >= 15 is 0 Å². The Morgan fingerprint density at radius 1 is 1.03 bits per heavy atom. The number of amides is 2. The Kier molecular flexibility index (Phi) is 6.10. The van der Waals surface area contributed by atoms with Crippen LogP contribution in [-0.4, -0.2) is 30.5 Å². The number of aromatic nitrogens is 1. The largest absolute Gasteiger partial charge is 0.497 e. The number of nitrogens with one attached hydrogen (secondary N) is 1. The first-order chi connectivity index (χ1) is 16.6. The van der Waals surface area contributed by atoms with Crippen LogP contribution in [0.5, 0.6) is 5.75 Å². The van der Waals surface area contributed by atoms with Crippen LogP contribution in [0.15, 0.2) is 84.2 Å². The standard InChI is InChI=1S/C27H23N3O3S/c1-33-23-12-6-11-22(15-23)30-16-20(14-25(30)31)26(32)28-21-10-5-9-19(13-21)24-17-34-27(29-24)18-7-3-2-4-8-18/h2-13,15,17,20H,14,16H2,1H3,(H,28,32). The van der Waals surface area contributed by atoms with Crippen LogP contribution in [0, 0.1) is 5.92 Å². The molecule has 170 valence electrons. The number of rotatable bonds is 6. The minimum Gasteiger partial charge on any atom is -0.497 e. The lowest BCUT2D eigenvalue weighted by Gasteiger charge is -2.17. The van der Waals surface area contributed by atoms with Gasteiger partial charge in [0.05, 0.1) is 18.7 Å². The van der Waals surface area contributed by atoms with E-state index in [0.29, 0.717) is 18.0 Å². The van der Waals surface area contributed by atoms with Crippen LogP contribution >= 0.6 is 11.3 Å². The maximum atomic E-state index is 13.0. The van der Waals surface area contributed by atoms with Crippen molar-refractivity contribution in [1.82, 2.24) is 4.98 Å². The molecule has 0 bridgehead atoms. The van der Waals surface area contributed by atoms with Gasteiger partial charge in [-0.25, -0.2) is 4.98 Å². The van der Waals surface area contributed by atoms with E-state index in [1.165, 1.54) is 0 Å². The van der Waals surface area contributed by atoms with Crippen molar-refractivity contribution in [2.45, 2.75) is 6.42 Å². The third-order valence-corrected chi connectivity index (χ3v) is 6.70. The van der Waals surface area contributed by atoms with Crippen molar-refractivity contribution in [1.29, 1.82) is 0 Å². The summed E-state index contributed by atoms with van der Waals surface area (Å²) in [7, 11) is 1.59. The first kappa shape index (κ1) is 21.9. The average Bonchev–Trinajstić information content (AvgIpc) is 3.52. The van der Waals surface area contributed by atoms with Gasteiger partial charge in [0.25, 0.3) is 0 Å². The molecule has 1 aliphatic rings. The third-order valence-electron chi connectivity index (χ3n) is 5.81. The van der Waals surface area contributed by atoms with Gasteiger partial charge in [-0.15, -0.1) is 11.3 Å². The van der Waals surface area contributed by atoms with Gasteiger partial charge in [-0.05, 0) is 24.3 Å². The normalized spacial score (nSPS) is 15.4. The van der Waals surface area contributed by atoms with Gasteiger partial charge in [0, 0.05) is 46.9 Å². The summed E-state index contributed by atoms with van der Waals surface area (Å²) in [5.74, 6) is 0.0102. The number of benzene rings is 3. The average molecular weight is 470 g/mol. The maximum absolute atomic E-state index is 13.0. The zero-order valence-corrected chi connectivity index (χ0v) is 19.4. The number of nitrogens with zero attached hydrogens (tertiary/aromatic N) is 2. The van der Waals surface area contributed by atoms with Gasteiger partial charge in [0.2, 0.25) is 11.8 Å². The van der Waals surface area contributed by atoms with Crippen molar-refractivity contribution >= 4 is 34.5 Å². The van der Waals surface area contributed by atoms with E-state index in [1.54, 1.807) is 29.4 Å². The van der Waals surface area contributed by atoms with E-state index in [9.17, 15) is 9.59 Å². The van der Waals surface area contributed by atoms with Gasteiger partial charge in [0.15, 0.2) is 0 Å². The maximum Gasteiger partial charge on any atom is 0.229 e. The van der Waals surface area contributed by atoms with Gasteiger partial charge in [-0.3, -0.25) is 9.59 Å². The molecule has 1 fully saturated rings. The molecule has 0 spiro atoms. The smallest absolute Gasteiger partial charge is 0.229 e. The van der Waals surface area contributed by atoms with Gasteiger partial charge >= 0.3 is 0 Å². The Morgan fingerprint density at radius 2 is 1.82 bits per heavy atom. The lowest BCUT2D eigenvalue weighted by atomic mass is 10.1. The summed E-state index contributed by atoms with van der Waals surface area (Å²) in [6, 6.07) is 25.0. The molecule has 1 atom stereocenters. The number of anilines is 2. The molecule has 7 heteroatoms. The molecule has 1 aromatic heterocycles. The van der Waals surface area contributed by atoms with E-state index in [1.807, 2.05) is 78.2 Å². The Hall–Kier alpha value is -3.97. The van der Waals surface area contributed by atoms with Gasteiger partial charge < -0.3 is 15.0 Å². The summed E-state index contributed by atoms with van der Waals surface area (Å²) in [5, 5.41) is 5.95. The quantitative estimate of drug-likeness (QED) is 0.406. The summed E-state index contributed by atoms with van der Waals surface area (Å²) in [6.07, 6.45) is 0.176. The fourth-order valence-corrected chi connectivity index (χ4v) is 4.87. The van der Waals surface area contributed by atoms with Crippen LogP contribution in [-0.2, 0) is 9.59 Å². The number of carbonyl (C=O) groups excluding carboxylic acids is 2. The second kappa shape index (κ2) is 9.49. The van der Waals surface area contributed by atoms with E-state index < -0.39 is 5.92 Å². The molecule has 34 heavy (non-hydrogen) atoms. The highest BCUT2D eigenvalue weighted by Gasteiger charge is 2.35. The Labute approximate surface area is 201 Å². The van der Waals surface area contributed by atoms with Gasteiger partial charge in [-0.2, -0.15) is 0 Å². The molecule has 2 amide bonds. The highest BCUT2D eigenvalue weighted by molar-refractivity contribution is 7.13. The van der Waals surface area contributed by atoms with Crippen LogP contribution in [0.3, 0.4) is 0 Å². The van der Waals surface area contributed by atoms with E-state index in [2.05, 4.69) is 5.32 Å². The second-order valence-corrected chi connectivity index (χ2v) is 8.94. The van der Waals surface area contributed by atoms with E-state index in [0.717, 1.165) is 27.5 Å². The molecule has 1 N–H and O–H groups in total. The van der Waals surface area contributed by atoms with Crippen molar-refractivity contribution in [2.75, 3.05) is 23.9 Å². The molecular weight excluding hydrogens is 446 g/mol. The zero-order valence-electron chi connectivity index (χ0n) is 18.6. The Morgan fingerprint density at radius 3 is 2.65 bits per heavy atom. The molecule has 2 heterocycles. The molecule has 1 saturated heterocycles. The fourth-order valence-electron chi connectivity index (χ4n) is 4.03. The summed E-state index contributed by atoms with van der Waals surface area (Å²) < 4.78 is 5.26. The van der Waals surface area contributed by atoms with Crippen LogP contribution in [0.1, 0.15) is 6.42 Å². The molecule has 1 unspecified atom stereocenters. The minimum atomic E-state index is -0.425. The fraction of sp³-hybridized carbons (Fsp3) is 0.148. The van der Waals surface area contributed by atoms with Crippen molar-refractivity contribution in [3.8, 4) is 27.6 Å². The van der Waals surface area contributed by atoms with Gasteiger partial charge in [-0.1, -0.05) is 48.5 Å². The van der Waals surface area contributed by atoms with Crippen LogP contribution < -0.4 is 15.0 Å². The predicted molar refractivity (Wildman–Crippen MR) is 135 cm³/mol. The van der Waals surface area contributed by atoms with Crippen LogP contribution in [0.25, 0.3) is 21.8 Å². The molecule has 0 aliphatic carbocycles. The van der Waals surface area contributed by atoms with Crippen LogP contribution in [0.2, 0.25) is 0 Å². The molecule has 4 aromatic rings. The van der Waals surface area contributed by atoms with Crippen LogP contribution in [0.4, 0.5) is 11.4 Å². The minimum absolute atomic E-state index is 0.0712. The van der Waals surface area contributed by atoms with Crippen molar-refractivity contribution in [2.24, 2.45) is 5.92 Å². The number of thiazole rings is 1. The molecule has 5 rings (SSSR count). The van der Waals surface area contributed by atoms with Crippen molar-refractivity contribution < 1.29 is 14.3 Å².